The second-order valence-electron chi connectivity index (χ2n) is 17.4. The third kappa shape index (κ3) is 8.44. The van der Waals surface area contributed by atoms with Crippen LogP contribution in [-0.2, 0) is 0 Å². The standard InChI is InChI=1S/C65H45N5/c1-4-17-46(18-5-1)47-31-33-48(34-32-47)49-19-16-20-50(37-49)65-36-35-51(41-66-65)59-25-10-11-26-60(59)52-38-53(61-27-12-14-29-63(61)55-42-67-69(44-55)57-21-6-2-7-22-57)40-54(39-52)62-28-13-15-30-64(62)56-43-68-70(45-56)58-23-8-3-9-24-58/h1-45H. The second kappa shape index (κ2) is 18.7. The van der Waals surface area contributed by atoms with E-state index in [-0.39, 0.29) is 0 Å². The van der Waals surface area contributed by atoms with Crippen LogP contribution in [0.2, 0.25) is 0 Å². The number of hydrogen-bond acceptors (Lipinski definition) is 3. The smallest absolute Gasteiger partial charge is 0.0702 e. The summed E-state index contributed by atoms with van der Waals surface area (Å²) in [6.45, 7) is 0. The molecule has 0 aliphatic rings. The van der Waals surface area contributed by atoms with Crippen LogP contribution in [0.15, 0.2) is 274 Å². The van der Waals surface area contributed by atoms with Gasteiger partial charge in [0.1, 0.15) is 0 Å². The number of hydrogen-bond donors (Lipinski definition) is 0. The molecule has 5 nitrogen and oxygen atoms in total. The first-order valence-electron chi connectivity index (χ1n) is 23.6. The van der Waals surface area contributed by atoms with Gasteiger partial charge in [-0.05, 0) is 127 Å². The van der Waals surface area contributed by atoms with Gasteiger partial charge in [0.25, 0.3) is 0 Å². The highest BCUT2D eigenvalue weighted by Crippen LogP contribution is 2.42. The lowest BCUT2D eigenvalue weighted by molar-refractivity contribution is 0.881. The van der Waals surface area contributed by atoms with E-state index in [9.17, 15) is 0 Å². The minimum Gasteiger partial charge on any atom is -0.256 e. The lowest BCUT2D eigenvalue weighted by Crippen LogP contribution is -1.93. The number of nitrogens with zero attached hydrogens (tertiary/aromatic N) is 5. The van der Waals surface area contributed by atoms with Crippen LogP contribution < -0.4 is 0 Å². The van der Waals surface area contributed by atoms with Crippen LogP contribution >= 0.6 is 0 Å². The summed E-state index contributed by atoms with van der Waals surface area (Å²) in [5, 5.41) is 9.60. The molecule has 0 fully saturated rings. The predicted octanol–water partition coefficient (Wildman–Crippen LogP) is 16.5. The molecule has 0 saturated heterocycles. The van der Waals surface area contributed by atoms with Crippen LogP contribution in [0.1, 0.15) is 0 Å². The molecule has 70 heavy (non-hydrogen) atoms. The summed E-state index contributed by atoms with van der Waals surface area (Å²) in [6, 6.07) is 85.7. The van der Waals surface area contributed by atoms with Crippen molar-refractivity contribution in [2.24, 2.45) is 0 Å². The summed E-state index contributed by atoms with van der Waals surface area (Å²) in [6.07, 6.45) is 10.2. The summed E-state index contributed by atoms with van der Waals surface area (Å²) >= 11 is 0. The van der Waals surface area contributed by atoms with Gasteiger partial charge in [0, 0.05) is 40.8 Å². The number of pyridine rings is 1. The summed E-state index contributed by atoms with van der Waals surface area (Å²) in [5.74, 6) is 0. The van der Waals surface area contributed by atoms with Gasteiger partial charge < -0.3 is 0 Å². The number of aromatic nitrogens is 5. The van der Waals surface area contributed by atoms with Gasteiger partial charge in [-0.25, -0.2) is 9.36 Å². The molecule has 12 aromatic rings. The molecule has 0 amide bonds. The largest absolute Gasteiger partial charge is 0.256 e. The number of rotatable bonds is 11. The van der Waals surface area contributed by atoms with E-state index in [0.717, 1.165) is 95.0 Å². The monoisotopic (exact) mass is 895 g/mol. The van der Waals surface area contributed by atoms with E-state index in [1.165, 1.54) is 16.7 Å². The fraction of sp³-hybridized carbons (Fsp3) is 0. The van der Waals surface area contributed by atoms with Gasteiger partial charge in [-0.2, -0.15) is 10.2 Å². The molecule has 12 rings (SSSR count). The van der Waals surface area contributed by atoms with Crippen LogP contribution in [0.5, 0.6) is 0 Å². The molecule has 0 bridgehead atoms. The molecule has 0 atom stereocenters. The highest BCUT2D eigenvalue weighted by Gasteiger charge is 2.18. The van der Waals surface area contributed by atoms with Crippen LogP contribution in [-0.4, -0.2) is 24.5 Å². The summed E-state index contributed by atoms with van der Waals surface area (Å²) in [5.41, 5.74) is 21.8. The average molecular weight is 896 g/mol. The Bertz CT molecular complexity index is 3600. The van der Waals surface area contributed by atoms with Gasteiger partial charge in [0.15, 0.2) is 0 Å². The SMILES string of the molecule is c1ccc(-c2ccc(-c3cccc(-c4ccc(-c5ccccc5-c5cc(-c6ccccc6-c6cnn(-c7ccccc7)c6)cc(-c6ccccc6-c6cnn(-c7ccccc7)c6)c5)cn4)c3)cc2)cc1. The lowest BCUT2D eigenvalue weighted by Gasteiger charge is -2.17. The topological polar surface area (TPSA) is 48.5 Å². The minimum absolute atomic E-state index is 0.924. The van der Waals surface area contributed by atoms with Crippen LogP contribution in [0.25, 0.3) is 112 Å². The molecule has 0 N–H and O–H groups in total. The quantitative estimate of drug-likeness (QED) is 0.130. The second-order valence-corrected chi connectivity index (χ2v) is 17.4. The van der Waals surface area contributed by atoms with E-state index >= 15 is 0 Å². The molecule has 9 aromatic carbocycles. The van der Waals surface area contributed by atoms with E-state index in [1.54, 1.807) is 0 Å². The molecule has 0 radical (unpaired) electrons. The van der Waals surface area contributed by atoms with Crippen LogP contribution in [0.3, 0.4) is 0 Å². The molecule has 0 saturated carbocycles. The Morgan fingerprint density at radius 2 is 0.571 bits per heavy atom. The summed E-state index contributed by atoms with van der Waals surface area (Å²) in [7, 11) is 0. The fourth-order valence-corrected chi connectivity index (χ4v) is 9.49. The van der Waals surface area contributed by atoms with E-state index < -0.39 is 0 Å². The highest BCUT2D eigenvalue weighted by atomic mass is 15.3. The Morgan fingerprint density at radius 3 is 1.03 bits per heavy atom. The average Bonchev–Trinajstić information content (AvgIpc) is 4.16. The Morgan fingerprint density at radius 1 is 0.229 bits per heavy atom. The predicted molar refractivity (Wildman–Crippen MR) is 287 cm³/mol. The van der Waals surface area contributed by atoms with Crippen molar-refractivity contribution in [2.75, 3.05) is 0 Å². The normalized spacial score (nSPS) is 11.1. The zero-order chi connectivity index (χ0) is 46.6. The lowest BCUT2D eigenvalue weighted by atomic mass is 9.87. The van der Waals surface area contributed by atoms with Crippen molar-refractivity contribution in [1.29, 1.82) is 0 Å². The third-order valence-electron chi connectivity index (χ3n) is 13.0. The fourth-order valence-electron chi connectivity index (χ4n) is 9.49. The van der Waals surface area contributed by atoms with Crippen molar-refractivity contribution in [1.82, 2.24) is 24.5 Å². The minimum atomic E-state index is 0.924. The molecule has 5 heteroatoms. The van der Waals surface area contributed by atoms with E-state index in [1.807, 2.05) is 64.4 Å². The highest BCUT2D eigenvalue weighted by molar-refractivity contribution is 5.94. The van der Waals surface area contributed by atoms with Crippen molar-refractivity contribution >= 4 is 0 Å². The Labute approximate surface area is 407 Å². The third-order valence-corrected chi connectivity index (χ3v) is 13.0. The van der Waals surface area contributed by atoms with Gasteiger partial charge in [0.2, 0.25) is 0 Å². The molecular formula is C65H45N5. The maximum Gasteiger partial charge on any atom is 0.0702 e. The van der Waals surface area contributed by atoms with Gasteiger partial charge in [-0.15, -0.1) is 0 Å². The summed E-state index contributed by atoms with van der Waals surface area (Å²) < 4.78 is 3.88. The molecule has 0 spiro atoms. The first-order valence-corrected chi connectivity index (χ1v) is 23.6. The Kier molecular flexibility index (Phi) is 11.2. The number of benzene rings is 9. The molecular weight excluding hydrogens is 851 g/mol. The molecule has 3 aromatic heterocycles. The first-order chi connectivity index (χ1) is 34.7. The van der Waals surface area contributed by atoms with Crippen molar-refractivity contribution in [3.63, 3.8) is 0 Å². The molecule has 0 aliphatic heterocycles. The van der Waals surface area contributed by atoms with E-state index in [2.05, 4.69) is 219 Å². The van der Waals surface area contributed by atoms with Gasteiger partial charge in [-0.3, -0.25) is 4.98 Å². The Hall–Kier alpha value is -9.45. The zero-order valence-corrected chi connectivity index (χ0v) is 38.2. The number of para-hydroxylation sites is 2. The van der Waals surface area contributed by atoms with Gasteiger partial charge in [0.05, 0.1) is 29.5 Å². The molecule has 330 valence electrons. The molecule has 0 unspecified atom stereocenters. The summed E-state index contributed by atoms with van der Waals surface area (Å²) in [4.78, 5) is 5.10. The maximum atomic E-state index is 5.10. The van der Waals surface area contributed by atoms with Crippen molar-refractivity contribution in [2.45, 2.75) is 0 Å². The molecule has 0 aliphatic carbocycles. The van der Waals surface area contributed by atoms with E-state index in [0.29, 0.717) is 0 Å². The maximum absolute atomic E-state index is 5.10. The zero-order valence-electron chi connectivity index (χ0n) is 38.2. The first kappa shape index (κ1) is 41.9. The van der Waals surface area contributed by atoms with Crippen molar-refractivity contribution in [3.05, 3.63) is 274 Å². The Balaban J connectivity index is 0.939. The van der Waals surface area contributed by atoms with Crippen molar-refractivity contribution in [3.8, 4) is 112 Å². The molecule has 3 heterocycles. The van der Waals surface area contributed by atoms with Gasteiger partial charge in [-0.1, -0.05) is 188 Å². The van der Waals surface area contributed by atoms with Crippen LogP contribution in [0, 0.1) is 0 Å². The van der Waals surface area contributed by atoms with Crippen molar-refractivity contribution < 1.29 is 0 Å². The van der Waals surface area contributed by atoms with Crippen LogP contribution in [0.4, 0.5) is 0 Å². The van der Waals surface area contributed by atoms with Gasteiger partial charge >= 0.3 is 0 Å². The van der Waals surface area contributed by atoms with E-state index in [4.69, 9.17) is 15.2 Å².